The molecule has 1 saturated carbocycles. The van der Waals surface area contributed by atoms with Crippen LogP contribution in [0.3, 0.4) is 0 Å². The van der Waals surface area contributed by atoms with E-state index >= 15 is 0 Å². The molecular weight excluding hydrogens is 396 g/mol. The maximum absolute atomic E-state index is 12.3. The Bertz CT molecular complexity index is 516. The van der Waals surface area contributed by atoms with E-state index in [0.29, 0.717) is 21.0 Å². The van der Waals surface area contributed by atoms with Gasteiger partial charge < -0.3 is 5.32 Å². The van der Waals surface area contributed by atoms with Gasteiger partial charge in [0, 0.05) is 14.6 Å². The van der Waals surface area contributed by atoms with Crippen LogP contribution >= 0.6 is 45.8 Å². The molecule has 1 aromatic rings. The monoisotopic (exact) mass is 411 g/mol. The lowest BCUT2D eigenvalue weighted by atomic mass is 9.92. The summed E-state index contributed by atoms with van der Waals surface area (Å²) in [7, 11) is 0. The minimum Gasteiger partial charge on any atom is -0.349 e. The molecule has 1 atom stereocenters. The van der Waals surface area contributed by atoms with Gasteiger partial charge in [-0.3, -0.25) is 4.79 Å². The van der Waals surface area contributed by atoms with E-state index in [0.717, 1.165) is 22.8 Å². The molecule has 1 unspecified atom stereocenters. The smallest absolute Gasteiger partial charge is 0.252 e. The van der Waals surface area contributed by atoms with Crippen LogP contribution in [0.4, 0.5) is 0 Å². The quantitative estimate of drug-likeness (QED) is 0.543. The molecule has 1 aliphatic carbocycles. The van der Waals surface area contributed by atoms with Crippen LogP contribution in [0.5, 0.6) is 0 Å². The number of carbonyl (C=O) groups is 1. The number of rotatable bonds is 2. The van der Waals surface area contributed by atoms with Crippen molar-refractivity contribution in [2.75, 3.05) is 0 Å². The van der Waals surface area contributed by atoms with E-state index in [1.165, 1.54) is 0 Å². The minimum absolute atomic E-state index is 0.0866. The lowest BCUT2D eigenvalue weighted by Gasteiger charge is -2.18. The van der Waals surface area contributed by atoms with Crippen LogP contribution < -0.4 is 5.32 Å². The van der Waals surface area contributed by atoms with E-state index in [1.54, 1.807) is 12.1 Å². The summed E-state index contributed by atoms with van der Waals surface area (Å²) in [5, 5.41) is 4.09. The van der Waals surface area contributed by atoms with Gasteiger partial charge in [0.2, 0.25) is 0 Å². The highest BCUT2D eigenvalue weighted by molar-refractivity contribution is 14.1. The van der Waals surface area contributed by atoms with Gasteiger partial charge in [0.1, 0.15) is 0 Å². The maximum Gasteiger partial charge on any atom is 0.252 e. The Morgan fingerprint density at radius 3 is 2.68 bits per heavy atom. The van der Waals surface area contributed by atoms with Crippen molar-refractivity contribution >= 4 is 51.7 Å². The van der Waals surface area contributed by atoms with Crippen LogP contribution in [0, 0.1) is 8.99 Å². The Morgan fingerprint density at radius 1 is 1.42 bits per heavy atom. The number of amides is 1. The molecule has 0 bridgehead atoms. The predicted molar refractivity (Wildman–Crippen MR) is 88.1 cm³/mol. The Labute approximate surface area is 137 Å². The molecule has 1 aliphatic rings. The van der Waals surface area contributed by atoms with Crippen molar-refractivity contribution in [1.82, 2.24) is 5.32 Å². The first-order valence-electron chi connectivity index (χ1n) is 6.24. The molecule has 1 aromatic carbocycles. The van der Waals surface area contributed by atoms with Crippen LogP contribution in [-0.4, -0.2) is 11.9 Å². The van der Waals surface area contributed by atoms with Gasteiger partial charge in [-0.05, 0) is 59.4 Å². The molecule has 1 amide bonds. The summed E-state index contributed by atoms with van der Waals surface area (Å²) in [6.45, 7) is 4.47. The van der Waals surface area contributed by atoms with Gasteiger partial charge in [-0.2, -0.15) is 0 Å². The van der Waals surface area contributed by atoms with Gasteiger partial charge in [-0.1, -0.05) is 37.0 Å². The van der Waals surface area contributed by atoms with Crippen LogP contribution in [0.1, 0.15) is 43.5 Å². The van der Waals surface area contributed by atoms with Crippen LogP contribution in [0.2, 0.25) is 10.0 Å². The summed E-state index contributed by atoms with van der Waals surface area (Å²) < 4.78 is 0.749. The zero-order valence-electron chi connectivity index (χ0n) is 10.9. The molecule has 5 heteroatoms. The number of halogens is 3. The van der Waals surface area contributed by atoms with Crippen molar-refractivity contribution in [3.05, 3.63) is 31.3 Å². The van der Waals surface area contributed by atoms with Crippen molar-refractivity contribution in [2.24, 2.45) is 5.41 Å². The SMILES string of the molecule is CC1(C)CCC(NC(=O)c2cc(Cl)cc(Cl)c2I)C1. The average Bonchev–Trinajstić information content (AvgIpc) is 2.63. The lowest BCUT2D eigenvalue weighted by Crippen LogP contribution is -2.34. The summed E-state index contributed by atoms with van der Waals surface area (Å²) in [5.74, 6) is -0.0866. The van der Waals surface area contributed by atoms with E-state index in [4.69, 9.17) is 23.2 Å². The second-order valence-electron chi connectivity index (χ2n) is 5.83. The summed E-state index contributed by atoms with van der Waals surface area (Å²) in [6.07, 6.45) is 3.19. The molecule has 2 nitrogen and oxygen atoms in total. The van der Waals surface area contributed by atoms with Gasteiger partial charge in [-0.15, -0.1) is 0 Å². The van der Waals surface area contributed by atoms with E-state index in [1.807, 2.05) is 0 Å². The molecular formula is C14H16Cl2INO. The number of carbonyl (C=O) groups excluding carboxylic acids is 1. The highest BCUT2D eigenvalue weighted by Crippen LogP contribution is 2.37. The predicted octanol–water partition coefficient (Wildman–Crippen LogP) is 4.91. The molecule has 1 N–H and O–H groups in total. The second-order valence-corrected chi connectivity index (χ2v) is 7.75. The van der Waals surface area contributed by atoms with Gasteiger partial charge in [0.05, 0.1) is 10.6 Å². The van der Waals surface area contributed by atoms with Crippen molar-refractivity contribution in [1.29, 1.82) is 0 Å². The molecule has 0 spiro atoms. The van der Waals surface area contributed by atoms with Crippen molar-refractivity contribution in [3.8, 4) is 0 Å². The highest BCUT2D eigenvalue weighted by atomic mass is 127. The van der Waals surface area contributed by atoms with Gasteiger partial charge in [0.15, 0.2) is 0 Å². The maximum atomic E-state index is 12.3. The second kappa shape index (κ2) is 5.78. The minimum atomic E-state index is -0.0866. The number of benzene rings is 1. The summed E-state index contributed by atoms with van der Waals surface area (Å²) in [5.41, 5.74) is 0.875. The summed E-state index contributed by atoms with van der Waals surface area (Å²) in [4.78, 5) is 12.3. The fourth-order valence-electron chi connectivity index (χ4n) is 2.54. The van der Waals surface area contributed by atoms with Gasteiger partial charge in [-0.25, -0.2) is 0 Å². The lowest BCUT2D eigenvalue weighted by molar-refractivity contribution is 0.0935. The molecule has 0 aromatic heterocycles. The Balaban J connectivity index is 2.13. The van der Waals surface area contributed by atoms with E-state index < -0.39 is 0 Å². The summed E-state index contributed by atoms with van der Waals surface area (Å²) in [6, 6.07) is 3.57. The molecule has 2 rings (SSSR count). The molecule has 19 heavy (non-hydrogen) atoms. The van der Waals surface area contributed by atoms with Crippen molar-refractivity contribution in [3.63, 3.8) is 0 Å². The number of nitrogens with one attached hydrogen (secondary N) is 1. The van der Waals surface area contributed by atoms with Crippen molar-refractivity contribution < 1.29 is 4.79 Å². The number of hydrogen-bond acceptors (Lipinski definition) is 1. The Kier molecular flexibility index (Phi) is 4.68. The molecule has 0 saturated heterocycles. The van der Waals surface area contributed by atoms with Crippen molar-refractivity contribution in [2.45, 2.75) is 39.2 Å². The van der Waals surface area contributed by atoms with E-state index in [9.17, 15) is 4.79 Å². The first-order chi connectivity index (χ1) is 8.78. The Hall–Kier alpha value is -0.000000000000000111. The van der Waals surface area contributed by atoms with Gasteiger partial charge >= 0.3 is 0 Å². The van der Waals surface area contributed by atoms with E-state index in [-0.39, 0.29) is 11.9 Å². The standard InChI is InChI=1S/C14H16Cl2INO/c1-14(2)4-3-9(7-14)18-13(19)10-5-8(15)6-11(16)12(10)17/h5-6,9H,3-4,7H2,1-2H3,(H,18,19). The molecule has 0 radical (unpaired) electrons. The fourth-order valence-corrected chi connectivity index (χ4v) is 3.59. The molecule has 1 fully saturated rings. The first kappa shape index (κ1) is 15.4. The van der Waals surface area contributed by atoms with E-state index in [2.05, 4.69) is 41.8 Å². The van der Waals surface area contributed by atoms with Gasteiger partial charge in [0.25, 0.3) is 5.91 Å². The molecule has 0 aliphatic heterocycles. The van der Waals surface area contributed by atoms with Crippen LogP contribution in [-0.2, 0) is 0 Å². The zero-order chi connectivity index (χ0) is 14.2. The molecule has 104 valence electrons. The topological polar surface area (TPSA) is 29.1 Å². The van der Waals surface area contributed by atoms with Crippen LogP contribution in [0.25, 0.3) is 0 Å². The number of hydrogen-bond donors (Lipinski definition) is 1. The third-order valence-corrected chi connectivity index (χ3v) is 5.54. The fraction of sp³-hybridized carbons (Fsp3) is 0.500. The Morgan fingerprint density at radius 2 is 2.11 bits per heavy atom. The normalized spacial score (nSPS) is 21.4. The third-order valence-electron chi connectivity index (χ3n) is 3.54. The average molecular weight is 412 g/mol. The first-order valence-corrected chi connectivity index (χ1v) is 8.07. The largest absolute Gasteiger partial charge is 0.349 e. The highest BCUT2D eigenvalue weighted by Gasteiger charge is 2.32. The molecule has 0 heterocycles. The van der Waals surface area contributed by atoms with Crippen LogP contribution in [0.15, 0.2) is 12.1 Å². The third kappa shape index (κ3) is 3.76. The zero-order valence-corrected chi connectivity index (χ0v) is 14.6. The summed E-state index contributed by atoms with van der Waals surface area (Å²) >= 11 is 14.1.